The Morgan fingerprint density at radius 1 is 1.18 bits per heavy atom. The maximum absolute atomic E-state index is 12.6. The van der Waals surface area contributed by atoms with Gasteiger partial charge in [-0.25, -0.2) is 0 Å². The fourth-order valence-electron chi connectivity index (χ4n) is 2.75. The second kappa shape index (κ2) is 5.65. The smallest absolute Gasteiger partial charge is 0.249 e. The van der Waals surface area contributed by atoms with Crippen molar-refractivity contribution in [2.75, 3.05) is 10.2 Å². The highest BCUT2D eigenvalue weighted by atomic mass is 35.5. The van der Waals surface area contributed by atoms with Gasteiger partial charge in [0.25, 0.3) is 0 Å². The summed E-state index contributed by atoms with van der Waals surface area (Å²) in [4.78, 5) is 14.4. The van der Waals surface area contributed by atoms with Crippen molar-refractivity contribution in [2.24, 2.45) is 0 Å². The zero-order chi connectivity index (χ0) is 15.9. The topological polar surface area (TPSA) is 32.3 Å². The summed E-state index contributed by atoms with van der Waals surface area (Å²) in [7, 11) is 0. The van der Waals surface area contributed by atoms with E-state index in [0.29, 0.717) is 11.6 Å². The summed E-state index contributed by atoms with van der Waals surface area (Å²) in [6, 6.07) is 11.6. The molecule has 0 aliphatic carbocycles. The number of halogens is 1. The standard InChI is InChI=1S/C18H19ClN2O/c1-11-8-16-17(9-12(11)2)21(18(22)13(3)20-16)10-14-6-4-5-7-15(14)19/h4-9,13,20H,10H2,1-3H3. The summed E-state index contributed by atoms with van der Waals surface area (Å²) in [6.07, 6.45) is 0. The molecular weight excluding hydrogens is 296 g/mol. The average Bonchev–Trinajstić information content (AvgIpc) is 2.48. The first-order valence-electron chi connectivity index (χ1n) is 7.40. The van der Waals surface area contributed by atoms with Gasteiger partial charge in [-0.2, -0.15) is 0 Å². The lowest BCUT2D eigenvalue weighted by atomic mass is 10.0. The molecule has 1 atom stereocenters. The van der Waals surface area contributed by atoms with Gasteiger partial charge in [-0.05, 0) is 55.7 Å². The number of carbonyl (C=O) groups excluding carboxylic acids is 1. The third kappa shape index (κ3) is 2.57. The minimum absolute atomic E-state index is 0.0654. The number of aryl methyl sites for hydroxylation is 2. The molecule has 0 radical (unpaired) electrons. The van der Waals surface area contributed by atoms with Crippen LogP contribution in [0.5, 0.6) is 0 Å². The largest absolute Gasteiger partial charge is 0.372 e. The lowest BCUT2D eigenvalue weighted by Crippen LogP contribution is -2.45. The van der Waals surface area contributed by atoms with Crippen LogP contribution in [0.3, 0.4) is 0 Å². The number of benzene rings is 2. The van der Waals surface area contributed by atoms with Crippen LogP contribution in [0.1, 0.15) is 23.6 Å². The minimum atomic E-state index is -0.239. The average molecular weight is 315 g/mol. The Hall–Kier alpha value is -2.00. The summed E-state index contributed by atoms with van der Waals surface area (Å²) in [5.74, 6) is 0.0654. The molecule has 1 heterocycles. The highest BCUT2D eigenvalue weighted by molar-refractivity contribution is 6.31. The molecule has 1 aliphatic rings. The van der Waals surface area contributed by atoms with Crippen LogP contribution < -0.4 is 10.2 Å². The van der Waals surface area contributed by atoms with Gasteiger partial charge in [0.15, 0.2) is 0 Å². The molecule has 114 valence electrons. The van der Waals surface area contributed by atoms with E-state index in [1.807, 2.05) is 36.1 Å². The lowest BCUT2D eigenvalue weighted by Gasteiger charge is -2.35. The molecule has 0 bridgehead atoms. The quantitative estimate of drug-likeness (QED) is 0.896. The monoisotopic (exact) mass is 314 g/mol. The molecule has 1 amide bonds. The summed E-state index contributed by atoms with van der Waals surface area (Å²) in [6.45, 7) is 6.52. The Bertz CT molecular complexity index is 742. The highest BCUT2D eigenvalue weighted by Gasteiger charge is 2.30. The van der Waals surface area contributed by atoms with Crippen molar-refractivity contribution in [2.45, 2.75) is 33.4 Å². The van der Waals surface area contributed by atoms with Gasteiger partial charge in [-0.1, -0.05) is 29.8 Å². The van der Waals surface area contributed by atoms with Crippen molar-refractivity contribution in [1.82, 2.24) is 0 Å². The highest BCUT2D eigenvalue weighted by Crippen LogP contribution is 2.35. The van der Waals surface area contributed by atoms with Crippen LogP contribution >= 0.6 is 11.6 Å². The fraction of sp³-hybridized carbons (Fsp3) is 0.278. The van der Waals surface area contributed by atoms with Gasteiger partial charge >= 0.3 is 0 Å². The van der Waals surface area contributed by atoms with E-state index in [1.165, 1.54) is 11.1 Å². The number of nitrogens with zero attached hydrogens (tertiary/aromatic N) is 1. The van der Waals surface area contributed by atoms with E-state index in [2.05, 4.69) is 31.3 Å². The number of fused-ring (bicyclic) bond motifs is 1. The first-order chi connectivity index (χ1) is 10.5. The maximum atomic E-state index is 12.6. The van der Waals surface area contributed by atoms with Crippen LogP contribution in [-0.4, -0.2) is 11.9 Å². The maximum Gasteiger partial charge on any atom is 0.249 e. The van der Waals surface area contributed by atoms with Crippen molar-refractivity contribution in [3.8, 4) is 0 Å². The zero-order valence-electron chi connectivity index (χ0n) is 13.0. The Morgan fingerprint density at radius 2 is 1.86 bits per heavy atom. The van der Waals surface area contributed by atoms with E-state index in [-0.39, 0.29) is 11.9 Å². The van der Waals surface area contributed by atoms with Gasteiger partial charge < -0.3 is 10.2 Å². The molecule has 3 nitrogen and oxygen atoms in total. The molecule has 2 aromatic carbocycles. The van der Waals surface area contributed by atoms with Crippen LogP contribution in [0, 0.1) is 13.8 Å². The van der Waals surface area contributed by atoms with Gasteiger partial charge in [-0.3, -0.25) is 4.79 Å². The molecule has 0 fully saturated rings. The SMILES string of the molecule is Cc1cc2c(cc1C)N(Cc1ccccc1Cl)C(=O)C(C)N2. The molecule has 1 N–H and O–H groups in total. The van der Waals surface area contributed by atoms with Crippen molar-refractivity contribution in [3.05, 3.63) is 58.1 Å². The Balaban J connectivity index is 2.05. The van der Waals surface area contributed by atoms with Gasteiger partial charge in [0.05, 0.1) is 17.9 Å². The first-order valence-corrected chi connectivity index (χ1v) is 7.77. The van der Waals surface area contributed by atoms with Crippen LogP contribution in [-0.2, 0) is 11.3 Å². The van der Waals surface area contributed by atoms with Crippen LogP contribution in [0.15, 0.2) is 36.4 Å². The van der Waals surface area contributed by atoms with Gasteiger partial charge in [0.2, 0.25) is 5.91 Å². The van der Waals surface area contributed by atoms with E-state index in [1.54, 1.807) is 0 Å². The number of nitrogens with one attached hydrogen (secondary N) is 1. The fourth-order valence-corrected chi connectivity index (χ4v) is 2.94. The van der Waals surface area contributed by atoms with Gasteiger partial charge in [0, 0.05) is 5.02 Å². The van der Waals surface area contributed by atoms with Crippen LogP contribution in [0.4, 0.5) is 11.4 Å². The Labute approximate surface area is 135 Å². The molecular formula is C18H19ClN2O. The molecule has 2 aromatic rings. The predicted octanol–water partition coefficient (Wildman–Crippen LogP) is 4.30. The number of anilines is 2. The normalized spacial score (nSPS) is 17.2. The summed E-state index contributed by atoms with van der Waals surface area (Å²) in [5.41, 5.74) is 5.27. The van der Waals surface area contributed by atoms with Crippen molar-refractivity contribution < 1.29 is 4.79 Å². The minimum Gasteiger partial charge on any atom is -0.372 e. The Kier molecular flexibility index (Phi) is 3.83. The number of hydrogen-bond acceptors (Lipinski definition) is 2. The molecule has 1 unspecified atom stereocenters. The van der Waals surface area contributed by atoms with Gasteiger partial charge in [0.1, 0.15) is 6.04 Å². The van der Waals surface area contributed by atoms with E-state index in [4.69, 9.17) is 11.6 Å². The third-order valence-corrected chi connectivity index (χ3v) is 4.57. The predicted molar refractivity (Wildman–Crippen MR) is 91.6 cm³/mol. The molecule has 3 rings (SSSR count). The zero-order valence-corrected chi connectivity index (χ0v) is 13.7. The van der Waals surface area contributed by atoms with E-state index >= 15 is 0 Å². The molecule has 22 heavy (non-hydrogen) atoms. The second-order valence-corrected chi connectivity index (χ2v) is 6.24. The summed E-state index contributed by atoms with van der Waals surface area (Å²) >= 11 is 6.26. The lowest BCUT2D eigenvalue weighted by molar-refractivity contribution is -0.119. The van der Waals surface area contributed by atoms with E-state index in [9.17, 15) is 4.79 Å². The third-order valence-electron chi connectivity index (χ3n) is 4.20. The van der Waals surface area contributed by atoms with Crippen molar-refractivity contribution in [1.29, 1.82) is 0 Å². The van der Waals surface area contributed by atoms with Crippen molar-refractivity contribution >= 4 is 28.9 Å². The van der Waals surface area contributed by atoms with Crippen molar-refractivity contribution in [3.63, 3.8) is 0 Å². The number of hydrogen-bond donors (Lipinski definition) is 1. The molecule has 1 aliphatic heterocycles. The summed E-state index contributed by atoms with van der Waals surface area (Å²) < 4.78 is 0. The molecule has 0 spiro atoms. The van der Waals surface area contributed by atoms with Crippen LogP contribution in [0.2, 0.25) is 5.02 Å². The van der Waals surface area contributed by atoms with E-state index < -0.39 is 0 Å². The Morgan fingerprint density at radius 3 is 2.59 bits per heavy atom. The van der Waals surface area contributed by atoms with Crippen LogP contribution in [0.25, 0.3) is 0 Å². The first kappa shape index (κ1) is 14.9. The number of carbonyl (C=O) groups is 1. The van der Waals surface area contributed by atoms with Gasteiger partial charge in [-0.15, -0.1) is 0 Å². The number of amides is 1. The molecule has 0 saturated heterocycles. The molecule has 0 aromatic heterocycles. The molecule has 0 saturated carbocycles. The second-order valence-electron chi connectivity index (χ2n) is 5.84. The van der Waals surface area contributed by atoms with E-state index in [0.717, 1.165) is 16.9 Å². The molecule has 4 heteroatoms. The summed E-state index contributed by atoms with van der Waals surface area (Å²) in [5, 5.41) is 3.97. The number of rotatable bonds is 2.